The smallest absolute Gasteiger partial charge is 0.132 e. The van der Waals surface area contributed by atoms with Gasteiger partial charge in [0.2, 0.25) is 0 Å². The Kier molecular flexibility index (Phi) is 3.06. The van der Waals surface area contributed by atoms with Crippen molar-refractivity contribution in [3.05, 3.63) is 59.4 Å². The molecule has 1 heterocycles. The van der Waals surface area contributed by atoms with Crippen LogP contribution in [0.4, 0.5) is 8.78 Å². The summed E-state index contributed by atoms with van der Waals surface area (Å²) in [5.74, 6) is -1.44. The maximum absolute atomic E-state index is 13.5. The molecule has 2 aromatic rings. The molecule has 2 rings (SSSR count). The number of nitriles is 1. The van der Waals surface area contributed by atoms with Crippen molar-refractivity contribution in [1.82, 2.24) is 4.68 Å². The molecule has 0 aliphatic carbocycles. The second kappa shape index (κ2) is 4.66. The van der Waals surface area contributed by atoms with Gasteiger partial charge in [-0.3, -0.25) is 4.68 Å². The van der Waals surface area contributed by atoms with Gasteiger partial charge in [0, 0.05) is 18.0 Å². The number of nitrogens with zero attached hydrogens (tertiary/aromatic N) is 2. The number of hydrogen-bond donors (Lipinski definition) is 1. The molecule has 0 saturated carbocycles. The standard InChI is InChI=1S/C12H9F2N3/c13-11-5-9(7-15)6-12(14)10(11)8-16-17-3-1-2-4-17/h1-6,16H,8H2. The van der Waals surface area contributed by atoms with E-state index in [0.717, 1.165) is 12.1 Å². The van der Waals surface area contributed by atoms with Gasteiger partial charge in [0.1, 0.15) is 11.6 Å². The molecule has 0 bridgehead atoms. The van der Waals surface area contributed by atoms with E-state index in [1.165, 1.54) is 0 Å². The molecule has 0 unspecified atom stereocenters. The maximum atomic E-state index is 13.5. The molecule has 1 aromatic carbocycles. The summed E-state index contributed by atoms with van der Waals surface area (Å²) >= 11 is 0. The van der Waals surface area contributed by atoms with Crippen molar-refractivity contribution in [2.45, 2.75) is 6.54 Å². The highest BCUT2D eigenvalue weighted by atomic mass is 19.1. The van der Waals surface area contributed by atoms with Crippen LogP contribution in [0.25, 0.3) is 0 Å². The Balaban J connectivity index is 2.19. The minimum atomic E-state index is -0.721. The maximum Gasteiger partial charge on any atom is 0.132 e. The number of aromatic nitrogens is 1. The lowest BCUT2D eigenvalue weighted by molar-refractivity contribution is 0.554. The largest absolute Gasteiger partial charge is 0.322 e. The Morgan fingerprint density at radius 3 is 2.29 bits per heavy atom. The Morgan fingerprint density at radius 1 is 1.18 bits per heavy atom. The number of hydrogen-bond acceptors (Lipinski definition) is 2. The fourth-order valence-corrected chi connectivity index (χ4v) is 1.45. The fourth-order valence-electron chi connectivity index (χ4n) is 1.45. The number of halogens is 2. The van der Waals surface area contributed by atoms with E-state index in [9.17, 15) is 8.78 Å². The van der Waals surface area contributed by atoms with E-state index in [0.29, 0.717) is 0 Å². The molecular formula is C12H9F2N3. The van der Waals surface area contributed by atoms with E-state index in [2.05, 4.69) is 5.43 Å². The van der Waals surface area contributed by atoms with Crippen molar-refractivity contribution in [2.24, 2.45) is 0 Å². The molecule has 86 valence electrons. The monoisotopic (exact) mass is 233 g/mol. The molecule has 17 heavy (non-hydrogen) atoms. The predicted molar refractivity (Wildman–Crippen MR) is 58.6 cm³/mol. The molecule has 0 saturated heterocycles. The van der Waals surface area contributed by atoms with Gasteiger partial charge in [0.25, 0.3) is 0 Å². The summed E-state index contributed by atoms with van der Waals surface area (Å²) in [6.45, 7) is 0.0120. The molecule has 3 nitrogen and oxygen atoms in total. The third-order valence-corrected chi connectivity index (χ3v) is 2.31. The zero-order chi connectivity index (χ0) is 12.3. The summed E-state index contributed by atoms with van der Waals surface area (Å²) in [7, 11) is 0. The summed E-state index contributed by atoms with van der Waals surface area (Å²) < 4.78 is 28.6. The molecule has 0 spiro atoms. The molecule has 5 heteroatoms. The molecule has 0 radical (unpaired) electrons. The number of nitrogens with one attached hydrogen (secondary N) is 1. The lowest BCUT2D eigenvalue weighted by Gasteiger charge is -2.09. The zero-order valence-corrected chi connectivity index (χ0v) is 8.82. The van der Waals surface area contributed by atoms with Crippen LogP contribution in [0.3, 0.4) is 0 Å². The highest BCUT2D eigenvalue weighted by Crippen LogP contribution is 2.15. The van der Waals surface area contributed by atoms with Gasteiger partial charge < -0.3 is 5.43 Å². The summed E-state index contributed by atoms with van der Waals surface area (Å²) in [6, 6.07) is 7.33. The first-order valence-corrected chi connectivity index (χ1v) is 4.95. The summed E-state index contributed by atoms with van der Waals surface area (Å²) in [5.41, 5.74) is 2.70. The van der Waals surface area contributed by atoms with Gasteiger partial charge >= 0.3 is 0 Å². The van der Waals surface area contributed by atoms with E-state index in [1.54, 1.807) is 35.3 Å². The Morgan fingerprint density at radius 2 is 1.76 bits per heavy atom. The second-order valence-electron chi connectivity index (χ2n) is 3.46. The van der Waals surface area contributed by atoms with Gasteiger partial charge in [-0.2, -0.15) is 5.26 Å². The van der Waals surface area contributed by atoms with E-state index in [-0.39, 0.29) is 17.7 Å². The predicted octanol–water partition coefficient (Wildman–Crippen LogP) is 2.38. The van der Waals surface area contributed by atoms with Crippen LogP contribution in [-0.4, -0.2) is 4.68 Å². The lowest BCUT2D eigenvalue weighted by atomic mass is 10.1. The third kappa shape index (κ3) is 2.42. The first-order valence-electron chi connectivity index (χ1n) is 4.95. The first kappa shape index (κ1) is 11.1. The van der Waals surface area contributed by atoms with Crippen LogP contribution < -0.4 is 5.43 Å². The highest BCUT2D eigenvalue weighted by Gasteiger charge is 2.10. The lowest BCUT2D eigenvalue weighted by Crippen LogP contribution is -2.14. The van der Waals surface area contributed by atoms with E-state index >= 15 is 0 Å². The second-order valence-corrected chi connectivity index (χ2v) is 3.46. The first-order chi connectivity index (χ1) is 8.20. The van der Waals surface area contributed by atoms with Crippen molar-refractivity contribution < 1.29 is 8.78 Å². The van der Waals surface area contributed by atoms with Crippen LogP contribution in [0.15, 0.2) is 36.7 Å². The SMILES string of the molecule is N#Cc1cc(F)c(CNn2cccc2)c(F)c1. The molecule has 1 N–H and O–H groups in total. The molecule has 0 aliphatic heterocycles. The molecular weight excluding hydrogens is 224 g/mol. The molecule has 0 fully saturated rings. The molecule has 0 aliphatic rings. The van der Waals surface area contributed by atoms with E-state index < -0.39 is 11.6 Å². The molecule has 0 atom stereocenters. The summed E-state index contributed by atoms with van der Waals surface area (Å²) in [4.78, 5) is 0. The van der Waals surface area contributed by atoms with Crippen molar-refractivity contribution >= 4 is 0 Å². The number of rotatable bonds is 3. The topological polar surface area (TPSA) is 40.8 Å². The van der Waals surface area contributed by atoms with Crippen LogP contribution in [-0.2, 0) is 6.54 Å². The van der Waals surface area contributed by atoms with Crippen molar-refractivity contribution in [1.29, 1.82) is 5.26 Å². The Labute approximate surface area is 96.9 Å². The van der Waals surface area contributed by atoms with Crippen LogP contribution in [0.1, 0.15) is 11.1 Å². The fraction of sp³-hybridized carbons (Fsp3) is 0.0833. The summed E-state index contributed by atoms with van der Waals surface area (Å²) in [5, 5.41) is 8.55. The van der Waals surface area contributed by atoms with Crippen molar-refractivity contribution in [2.75, 3.05) is 5.43 Å². The zero-order valence-electron chi connectivity index (χ0n) is 8.82. The average Bonchev–Trinajstić information content (AvgIpc) is 2.80. The molecule has 0 amide bonds. The average molecular weight is 233 g/mol. The minimum absolute atomic E-state index is 0.0120. The quantitative estimate of drug-likeness (QED) is 0.884. The van der Waals surface area contributed by atoms with E-state index in [4.69, 9.17) is 5.26 Å². The Bertz CT molecular complexity index is 533. The minimum Gasteiger partial charge on any atom is -0.322 e. The third-order valence-electron chi connectivity index (χ3n) is 2.31. The van der Waals surface area contributed by atoms with Gasteiger partial charge in [-0.05, 0) is 24.3 Å². The van der Waals surface area contributed by atoms with E-state index in [1.807, 2.05) is 0 Å². The van der Waals surface area contributed by atoms with Crippen LogP contribution in [0, 0.1) is 23.0 Å². The van der Waals surface area contributed by atoms with Crippen molar-refractivity contribution in [3.8, 4) is 6.07 Å². The van der Waals surface area contributed by atoms with Crippen LogP contribution >= 0.6 is 0 Å². The normalized spacial score (nSPS) is 9.94. The van der Waals surface area contributed by atoms with Gasteiger partial charge in [-0.15, -0.1) is 0 Å². The van der Waals surface area contributed by atoms with Crippen LogP contribution in [0.5, 0.6) is 0 Å². The van der Waals surface area contributed by atoms with Gasteiger partial charge in [-0.25, -0.2) is 8.78 Å². The van der Waals surface area contributed by atoms with Crippen molar-refractivity contribution in [3.63, 3.8) is 0 Å². The highest BCUT2D eigenvalue weighted by molar-refractivity contribution is 5.34. The van der Waals surface area contributed by atoms with Crippen LogP contribution in [0.2, 0.25) is 0 Å². The number of benzene rings is 1. The summed E-state index contributed by atoms with van der Waals surface area (Å²) in [6.07, 6.45) is 3.44. The molecule has 1 aromatic heterocycles. The Hall–Kier alpha value is -2.35. The van der Waals surface area contributed by atoms with Gasteiger partial charge in [0.15, 0.2) is 0 Å². The van der Waals surface area contributed by atoms with Gasteiger partial charge in [0.05, 0.1) is 18.2 Å². The van der Waals surface area contributed by atoms with Gasteiger partial charge in [-0.1, -0.05) is 0 Å².